The second-order valence-electron chi connectivity index (χ2n) is 4.48. The zero-order valence-corrected chi connectivity index (χ0v) is 11.6. The van der Waals surface area contributed by atoms with Crippen LogP contribution in [0.15, 0.2) is 6.20 Å². The minimum Gasteiger partial charge on any atom is -0.376 e. The molecule has 100 valence electrons. The second-order valence-corrected chi connectivity index (χ2v) is 4.89. The standard InChI is InChI=1S/C12H19ClN4O/c1-14-12-15-7-10(13)11(16-12)17(2)8-9-5-3-4-6-18-9/h7,9H,3-6,8H2,1-2H3,(H,14,15,16). The van der Waals surface area contributed by atoms with Gasteiger partial charge in [0, 0.05) is 27.2 Å². The zero-order chi connectivity index (χ0) is 13.0. The fourth-order valence-electron chi connectivity index (χ4n) is 2.09. The Morgan fingerprint density at radius 2 is 2.39 bits per heavy atom. The van der Waals surface area contributed by atoms with Gasteiger partial charge in [-0.25, -0.2) is 4.98 Å². The van der Waals surface area contributed by atoms with Crippen LogP contribution in [0.4, 0.5) is 11.8 Å². The van der Waals surface area contributed by atoms with Gasteiger partial charge in [0.05, 0.1) is 12.3 Å². The van der Waals surface area contributed by atoms with E-state index < -0.39 is 0 Å². The maximum Gasteiger partial charge on any atom is 0.224 e. The van der Waals surface area contributed by atoms with Crippen LogP contribution >= 0.6 is 11.6 Å². The average molecular weight is 271 g/mol. The lowest BCUT2D eigenvalue weighted by molar-refractivity contribution is 0.0215. The van der Waals surface area contributed by atoms with E-state index >= 15 is 0 Å². The van der Waals surface area contributed by atoms with Crippen molar-refractivity contribution in [3.63, 3.8) is 0 Å². The lowest BCUT2D eigenvalue weighted by Gasteiger charge is -2.28. The molecule has 0 amide bonds. The summed E-state index contributed by atoms with van der Waals surface area (Å²) in [5, 5.41) is 3.48. The van der Waals surface area contributed by atoms with Crippen molar-refractivity contribution < 1.29 is 4.74 Å². The van der Waals surface area contributed by atoms with Crippen LogP contribution in [0.2, 0.25) is 5.02 Å². The molecule has 1 aromatic rings. The molecule has 0 bridgehead atoms. The van der Waals surface area contributed by atoms with E-state index in [9.17, 15) is 0 Å². The van der Waals surface area contributed by atoms with Crippen LogP contribution in [-0.4, -0.2) is 43.3 Å². The van der Waals surface area contributed by atoms with Gasteiger partial charge in [-0.15, -0.1) is 0 Å². The third kappa shape index (κ3) is 3.23. The predicted molar refractivity (Wildman–Crippen MR) is 73.4 cm³/mol. The molecule has 1 aliphatic rings. The summed E-state index contributed by atoms with van der Waals surface area (Å²) in [6.45, 7) is 1.66. The maximum absolute atomic E-state index is 6.13. The summed E-state index contributed by atoms with van der Waals surface area (Å²) in [5.74, 6) is 1.32. The van der Waals surface area contributed by atoms with Crippen molar-refractivity contribution in [2.45, 2.75) is 25.4 Å². The molecule has 2 heterocycles. The molecule has 0 aliphatic carbocycles. The Hall–Kier alpha value is -1.07. The van der Waals surface area contributed by atoms with Gasteiger partial charge in [0.1, 0.15) is 5.02 Å². The second kappa shape index (κ2) is 6.20. The summed E-state index contributed by atoms with van der Waals surface area (Å²) in [4.78, 5) is 10.5. The van der Waals surface area contributed by atoms with E-state index in [0.717, 1.165) is 25.4 Å². The summed E-state index contributed by atoms with van der Waals surface area (Å²) in [6.07, 6.45) is 5.39. The predicted octanol–water partition coefficient (Wildman–Crippen LogP) is 2.18. The Morgan fingerprint density at radius 1 is 1.56 bits per heavy atom. The molecule has 0 radical (unpaired) electrons. The van der Waals surface area contributed by atoms with Gasteiger partial charge in [-0.3, -0.25) is 0 Å². The third-order valence-electron chi connectivity index (χ3n) is 3.06. The first-order valence-corrected chi connectivity index (χ1v) is 6.61. The molecule has 18 heavy (non-hydrogen) atoms. The van der Waals surface area contributed by atoms with Crippen molar-refractivity contribution >= 4 is 23.4 Å². The van der Waals surface area contributed by atoms with Crippen LogP contribution in [0, 0.1) is 0 Å². The maximum atomic E-state index is 6.13. The first-order chi connectivity index (χ1) is 8.70. The summed E-state index contributed by atoms with van der Waals surface area (Å²) >= 11 is 6.13. The Kier molecular flexibility index (Phi) is 4.60. The highest BCUT2D eigenvalue weighted by atomic mass is 35.5. The van der Waals surface area contributed by atoms with Crippen LogP contribution in [0.5, 0.6) is 0 Å². The van der Waals surface area contributed by atoms with E-state index in [0.29, 0.717) is 11.0 Å². The van der Waals surface area contributed by atoms with E-state index in [1.165, 1.54) is 12.8 Å². The number of ether oxygens (including phenoxy) is 1. The molecule has 1 aliphatic heterocycles. The number of aromatic nitrogens is 2. The molecule has 2 rings (SSSR count). The molecule has 1 fully saturated rings. The number of rotatable bonds is 4. The van der Waals surface area contributed by atoms with Gasteiger partial charge in [-0.05, 0) is 19.3 Å². The van der Waals surface area contributed by atoms with E-state index in [1.54, 1.807) is 13.2 Å². The molecule has 1 saturated heterocycles. The smallest absolute Gasteiger partial charge is 0.224 e. The number of likely N-dealkylation sites (N-methyl/N-ethyl adjacent to an activating group) is 1. The zero-order valence-electron chi connectivity index (χ0n) is 10.8. The van der Waals surface area contributed by atoms with E-state index in [4.69, 9.17) is 16.3 Å². The van der Waals surface area contributed by atoms with Crippen molar-refractivity contribution in [1.82, 2.24) is 9.97 Å². The van der Waals surface area contributed by atoms with Crippen molar-refractivity contribution in [1.29, 1.82) is 0 Å². The van der Waals surface area contributed by atoms with Gasteiger partial charge < -0.3 is 15.0 Å². The summed E-state index contributed by atoms with van der Waals surface area (Å²) in [7, 11) is 3.77. The SMILES string of the molecule is CNc1ncc(Cl)c(N(C)CC2CCCCO2)n1. The van der Waals surface area contributed by atoms with Crippen molar-refractivity contribution in [2.24, 2.45) is 0 Å². The molecular formula is C12H19ClN4O. The Bertz CT molecular complexity index is 396. The van der Waals surface area contributed by atoms with E-state index in [1.807, 2.05) is 11.9 Å². The number of nitrogens with zero attached hydrogens (tertiary/aromatic N) is 3. The molecule has 6 heteroatoms. The van der Waals surface area contributed by atoms with Crippen LogP contribution < -0.4 is 10.2 Å². The number of hydrogen-bond donors (Lipinski definition) is 1. The number of halogens is 1. The highest BCUT2D eigenvalue weighted by Crippen LogP contribution is 2.24. The van der Waals surface area contributed by atoms with Gasteiger partial charge in [-0.1, -0.05) is 11.6 Å². The Labute approximate surface area is 113 Å². The summed E-state index contributed by atoms with van der Waals surface area (Å²) in [5.41, 5.74) is 0. The fraction of sp³-hybridized carbons (Fsp3) is 0.667. The van der Waals surface area contributed by atoms with Crippen LogP contribution in [0.3, 0.4) is 0 Å². The molecule has 1 atom stereocenters. The van der Waals surface area contributed by atoms with Gasteiger partial charge in [0.15, 0.2) is 5.82 Å². The minimum absolute atomic E-state index is 0.271. The van der Waals surface area contributed by atoms with Crippen LogP contribution in [0.1, 0.15) is 19.3 Å². The van der Waals surface area contributed by atoms with Crippen LogP contribution in [-0.2, 0) is 4.74 Å². The lowest BCUT2D eigenvalue weighted by Crippen LogP contribution is -2.34. The van der Waals surface area contributed by atoms with E-state index in [-0.39, 0.29) is 6.10 Å². The first-order valence-electron chi connectivity index (χ1n) is 6.23. The van der Waals surface area contributed by atoms with Gasteiger partial charge >= 0.3 is 0 Å². The Morgan fingerprint density at radius 3 is 3.06 bits per heavy atom. The van der Waals surface area contributed by atoms with Gasteiger partial charge in [-0.2, -0.15) is 4.98 Å². The number of anilines is 2. The molecule has 0 spiro atoms. The molecule has 0 aromatic carbocycles. The van der Waals surface area contributed by atoms with E-state index in [2.05, 4.69) is 15.3 Å². The van der Waals surface area contributed by atoms with Crippen LogP contribution in [0.25, 0.3) is 0 Å². The largest absolute Gasteiger partial charge is 0.376 e. The molecule has 1 aromatic heterocycles. The summed E-state index contributed by atoms with van der Waals surface area (Å²) in [6, 6.07) is 0. The molecular weight excluding hydrogens is 252 g/mol. The van der Waals surface area contributed by atoms with Crippen molar-refractivity contribution in [3.05, 3.63) is 11.2 Å². The highest BCUT2D eigenvalue weighted by Gasteiger charge is 2.18. The van der Waals surface area contributed by atoms with Crippen molar-refractivity contribution in [2.75, 3.05) is 37.5 Å². The fourth-order valence-corrected chi connectivity index (χ4v) is 2.32. The van der Waals surface area contributed by atoms with Gasteiger partial charge in [0.25, 0.3) is 0 Å². The monoisotopic (exact) mass is 270 g/mol. The lowest BCUT2D eigenvalue weighted by atomic mass is 10.1. The Balaban J connectivity index is 2.04. The topological polar surface area (TPSA) is 50.3 Å². The number of hydrogen-bond acceptors (Lipinski definition) is 5. The highest BCUT2D eigenvalue weighted by molar-refractivity contribution is 6.32. The molecule has 5 nitrogen and oxygen atoms in total. The van der Waals surface area contributed by atoms with Crippen molar-refractivity contribution in [3.8, 4) is 0 Å². The average Bonchev–Trinajstić information content (AvgIpc) is 2.40. The van der Waals surface area contributed by atoms with Gasteiger partial charge in [0.2, 0.25) is 5.95 Å². The number of nitrogens with one attached hydrogen (secondary N) is 1. The minimum atomic E-state index is 0.271. The summed E-state index contributed by atoms with van der Waals surface area (Å²) < 4.78 is 5.72. The molecule has 0 saturated carbocycles. The quantitative estimate of drug-likeness (QED) is 0.909. The molecule has 1 unspecified atom stereocenters. The third-order valence-corrected chi connectivity index (χ3v) is 3.33. The molecule has 1 N–H and O–H groups in total. The first kappa shape index (κ1) is 13.4. The normalized spacial score (nSPS) is 19.6.